The summed E-state index contributed by atoms with van der Waals surface area (Å²) < 4.78 is 38.1. The molecule has 7 nitrogen and oxygen atoms in total. The topological polar surface area (TPSA) is 76.2 Å². The van der Waals surface area contributed by atoms with Crippen LogP contribution in [0, 0.1) is 5.92 Å². The monoisotopic (exact) mass is 458 g/mol. The second-order valence-electron chi connectivity index (χ2n) is 8.29. The summed E-state index contributed by atoms with van der Waals surface area (Å²) in [6.07, 6.45) is 2.89. The van der Waals surface area contributed by atoms with Crippen molar-refractivity contribution in [3.63, 3.8) is 0 Å². The van der Waals surface area contributed by atoms with Crippen molar-refractivity contribution in [3.8, 4) is 11.5 Å². The summed E-state index contributed by atoms with van der Waals surface area (Å²) >= 11 is 0. The van der Waals surface area contributed by atoms with E-state index in [9.17, 15) is 13.2 Å². The maximum absolute atomic E-state index is 13.4. The number of piperidine rings is 1. The predicted molar refractivity (Wildman–Crippen MR) is 121 cm³/mol. The van der Waals surface area contributed by atoms with Gasteiger partial charge in [0.25, 0.3) is 0 Å². The summed E-state index contributed by atoms with van der Waals surface area (Å²) in [5.41, 5.74) is 0.989. The van der Waals surface area contributed by atoms with Gasteiger partial charge in [0, 0.05) is 37.2 Å². The molecule has 1 atom stereocenters. The molecule has 1 amide bonds. The van der Waals surface area contributed by atoms with Gasteiger partial charge < -0.3 is 14.4 Å². The summed E-state index contributed by atoms with van der Waals surface area (Å²) in [5.74, 6) is 1.38. The van der Waals surface area contributed by atoms with Crippen LogP contribution in [-0.4, -0.2) is 57.4 Å². The number of amides is 1. The Hall–Kier alpha value is -2.58. The van der Waals surface area contributed by atoms with E-state index in [1.54, 1.807) is 44.6 Å². The van der Waals surface area contributed by atoms with Crippen molar-refractivity contribution in [2.75, 3.05) is 33.9 Å². The molecule has 0 saturated carbocycles. The van der Waals surface area contributed by atoms with Crippen LogP contribution in [-0.2, 0) is 14.8 Å². The summed E-state index contributed by atoms with van der Waals surface area (Å²) in [5, 5.41) is 0. The van der Waals surface area contributed by atoms with E-state index in [2.05, 4.69) is 0 Å². The zero-order valence-electron chi connectivity index (χ0n) is 18.6. The highest BCUT2D eigenvalue weighted by Crippen LogP contribution is 2.40. The normalized spacial score (nSPS) is 20.3. The van der Waals surface area contributed by atoms with Gasteiger partial charge in [0.15, 0.2) is 0 Å². The predicted octanol–water partition coefficient (Wildman–Crippen LogP) is 3.47. The van der Waals surface area contributed by atoms with E-state index in [4.69, 9.17) is 9.47 Å². The van der Waals surface area contributed by atoms with Crippen molar-refractivity contribution >= 4 is 15.9 Å². The van der Waals surface area contributed by atoms with Crippen LogP contribution >= 0.6 is 0 Å². The molecule has 2 aromatic rings. The van der Waals surface area contributed by atoms with Crippen molar-refractivity contribution in [2.24, 2.45) is 5.92 Å². The van der Waals surface area contributed by atoms with Gasteiger partial charge in [0.1, 0.15) is 11.5 Å². The van der Waals surface area contributed by atoms with Crippen molar-refractivity contribution in [1.29, 1.82) is 0 Å². The summed E-state index contributed by atoms with van der Waals surface area (Å²) in [6.45, 7) is 1.43. The van der Waals surface area contributed by atoms with Gasteiger partial charge in [-0.05, 0) is 49.9 Å². The molecule has 0 aromatic heterocycles. The van der Waals surface area contributed by atoms with E-state index in [1.807, 2.05) is 23.1 Å². The minimum absolute atomic E-state index is 0.0329. The van der Waals surface area contributed by atoms with Gasteiger partial charge in [0.2, 0.25) is 15.9 Å². The Morgan fingerprint density at radius 1 is 0.938 bits per heavy atom. The molecule has 2 aliphatic heterocycles. The molecule has 172 valence electrons. The van der Waals surface area contributed by atoms with Crippen molar-refractivity contribution in [2.45, 2.75) is 36.6 Å². The quantitative estimate of drug-likeness (QED) is 0.663. The first-order chi connectivity index (χ1) is 15.5. The van der Waals surface area contributed by atoms with Gasteiger partial charge in [-0.1, -0.05) is 18.2 Å². The third-order valence-electron chi connectivity index (χ3n) is 6.52. The Morgan fingerprint density at radius 3 is 2.31 bits per heavy atom. The van der Waals surface area contributed by atoms with E-state index in [-0.39, 0.29) is 17.9 Å². The molecule has 0 aliphatic carbocycles. The summed E-state index contributed by atoms with van der Waals surface area (Å²) in [7, 11) is -0.277. The number of carbonyl (C=O) groups is 1. The minimum Gasteiger partial charge on any atom is -0.497 e. The van der Waals surface area contributed by atoms with Crippen LogP contribution in [0.4, 0.5) is 0 Å². The van der Waals surface area contributed by atoms with Gasteiger partial charge in [-0.15, -0.1) is 0 Å². The van der Waals surface area contributed by atoms with Crippen molar-refractivity contribution in [3.05, 3.63) is 54.1 Å². The first-order valence-electron chi connectivity index (χ1n) is 11.0. The molecule has 2 saturated heterocycles. The highest BCUT2D eigenvalue weighted by Gasteiger charge is 2.38. The second-order valence-corrected chi connectivity index (χ2v) is 10.2. The van der Waals surface area contributed by atoms with Crippen LogP contribution in [0.2, 0.25) is 0 Å². The average Bonchev–Trinajstić information content (AvgIpc) is 3.33. The number of hydrogen-bond acceptors (Lipinski definition) is 5. The van der Waals surface area contributed by atoms with Gasteiger partial charge in [-0.3, -0.25) is 4.79 Å². The number of ether oxygens (including phenoxy) is 2. The first-order valence-corrected chi connectivity index (χ1v) is 12.5. The lowest BCUT2D eigenvalue weighted by atomic mass is 9.95. The number of likely N-dealkylation sites (tertiary alicyclic amines) is 1. The van der Waals surface area contributed by atoms with Gasteiger partial charge in [0.05, 0.1) is 25.2 Å². The molecule has 0 unspecified atom stereocenters. The first kappa shape index (κ1) is 22.6. The highest BCUT2D eigenvalue weighted by atomic mass is 32.2. The number of nitrogens with zero attached hydrogens (tertiary/aromatic N) is 2. The maximum Gasteiger partial charge on any atom is 0.243 e. The van der Waals surface area contributed by atoms with Gasteiger partial charge in [-0.25, -0.2) is 8.42 Å². The molecule has 4 rings (SSSR count). The fourth-order valence-corrected chi connectivity index (χ4v) is 6.26. The van der Waals surface area contributed by atoms with Crippen LogP contribution in [0.25, 0.3) is 0 Å². The SMILES string of the molecule is COc1ccc([C@@H]2CCCN2C(=O)C2CCN(S(=O)(=O)c3ccccc3)CC2)c(OC)c1. The van der Waals surface area contributed by atoms with Crippen LogP contribution in [0.15, 0.2) is 53.4 Å². The smallest absolute Gasteiger partial charge is 0.243 e. The van der Waals surface area contributed by atoms with E-state index >= 15 is 0 Å². The molecule has 2 fully saturated rings. The lowest BCUT2D eigenvalue weighted by molar-refractivity contribution is -0.137. The Kier molecular flexibility index (Phi) is 6.71. The number of carbonyl (C=O) groups excluding carboxylic acids is 1. The Labute approximate surface area is 190 Å². The van der Waals surface area contributed by atoms with Gasteiger partial charge >= 0.3 is 0 Å². The Bertz CT molecular complexity index is 1050. The van der Waals surface area contributed by atoms with Crippen molar-refractivity contribution < 1.29 is 22.7 Å². The van der Waals surface area contributed by atoms with E-state index < -0.39 is 10.0 Å². The number of methoxy groups -OCH3 is 2. The molecular formula is C24H30N2O5S. The molecule has 2 heterocycles. The number of rotatable bonds is 6. The third kappa shape index (κ3) is 4.34. The zero-order valence-corrected chi connectivity index (χ0v) is 19.4. The fraction of sp³-hybridized carbons (Fsp3) is 0.458. The third-order valence-corrected chi connectivity index (χ3v) is 8.43. The second kappa shape index (κ2) is 9.50. The molecule has 0 bridgehead atoms. The average molecular weight is 459 g/mol. The molecule has 2 aromatic carbocycles. The van der Waals surface area contributed by atoms with E-state index in [1.165, 1.54) is 4.31 Å². The Morgan fingerprint density at radius 2 is 1.66 bits per heavy atom. The molecular weight excluding hydrogens is 428 g/mol. The van der Waals surface area contributed by atoms with Crippen LogP contribution < -0.4 is 9.47 Å². The number of benzene rings is 2. The highest BCUT2D eigenvalue weighted by molar-refractivity contribution is 7.89. The lowest BCUT2D eigenvalue weighted by Gasteiger charge is -2.34. The number of hydrogen-bond donors (Lipinski definition) is 0. The fourth-order valence-electron chi connectivity index (χ4n) is 4.77. The largest absolute Gasteiger partial charge is 0.497 e. The summed E-state index contributed by atoms with van der Waals surface area (Å²) in [6, 6.07) is 14.2. The molecule has 32 heavy (non-hydrogen) atoms. The van der Waals surface area contributed by atoms with Crippen LogP contribution in [0.3, 0.4) is 0 Å². The van der Waals surface area contributed by atoms with Crippen LogP contribution in [0.1, 0.15) is 37.3 Å². The minimum atomic E-state index is -3.52. The number of sulfonamides is 1. The molecule has 8 heteroatoms. The van der Waals surface area contributed by atoms with Crippen molar-refractivity contribution in [1.82, 2.24) is 9.21 Å². The lowest BCUT2D eigenvalue weighted by Crippen LogP contribution is -2.44. The maximum atomic E-state index is 13.4. The molecule has 2 aliphatic rings. The Balaban J connectivity index is 1.45. The van der Waals surface area contributed by atoms with Crippen LogP contribution in [0.5, 0.6) is 11.5 Å². The van der Waals surface area contributed by atoms with Gasteiger partial charge in [-0.2, -0.15) is 4.31 Å². The zero-order chi connectivity index (χ0) is 22.7. The summed E-state index contributed by atoms with van der Waals surface area (Å²) in [4.78, 5) is 15.7. The standard InChI is InChI=1S/C24H30N2O5S/c1-30-19-10-11-21(23(17-19)31-2)22-9-6-14-26(22)24(27)18-12-15-25(16-13-18)32(28,29)20-7-4-3-5-8-20/h3-5,7-8,10-11,17-18,22H,6,9,12-16H2,1-2H3/t22-/m0/s1. The van der Waals surface area contributed by atoms with E-state index in [0.717, 1.165) is 24.2 Å². The van der Waals surface area contributed by atoms with E-state index in [0.29, 0.717) is 43.1 Å². The molecule has 0 spiro atoms. The molecule has 0 radical (unpaired) electrons. The molecule has 0 N–H and O–H groups in total.